The fourth-order valence-electron chi connectivity index (χ4n) is 1.43. The molecule has 0 atom stereocenters. The Labute approximate surface area is 106 Å². The van der Waals surface area contributed by atoms with Crippen LogP contribution in [0.1, 0.15) is 17.7 Å². The second kappa shape index (κ2) is 4.94. The number of rotatable bonds is 2. The van der Waals surface area contributed by atoms with Crippen LogP contribution in [-0.4, -0.2) is 9.97 Å². The summed E-state index contributed by atoms with van der Waals surface area (Å²) in [4.78, 5) is 7.69. The maximum absolute atomic E-state index is 13.2. The zero-order chi connectivity index (χ0) is 13.3. The lowest BCUT2D eigenvalue weighted by atomic mass is 10.1. The van der Waals surface area contributed by atoms with Gasteiger partial charge >= 0.3 is 0 Å². The molecule has 2 rings (SSSR count). The third kappa shape index (κ3) is 2.46. The van der Waals surface area contributed by atoms with E-state index in [4.69, 9.17) is 11.6 Å². The summed E-state index contributed by atoms with van der Waals surface area (Å²) >= 11 is 5.60. The molecule has 0 unspecified atom stereocenters. The molecule has 0 radical (unpaired) electrons. The molecule has 0 aliphatic carbocycles. The van der Waals surface area contributed by atoms with Crippen molar-refractivity contribution in [2.75, 3.05) is 0 Å². The van der Waals surface area contributed by atoms with Crippen molar-refractivity contribution in [3.63, 3.8) is 0 Å². The molecular formula is C12H8ClF3N2. The summed E-state index contributed by atoms with van der Waals surface area (Å²) in [5.41, 5.74) is 0.524. The van der Waals surface area contributed by atoms with E-state index in [1.807, 2.05) is 0 Å². The van der Waals surface area contributed by atoms with Crippen LogP contribution >= 0.6 is 11.6 Å². The highest BCUT2D eigenvalue weighted by molar-refractivity contribution is 6.29. The molecule has 0 fully saturated rings. The quantitative estimate of drug-likeness (QED) is 0.767. The molecule has 0 aliphatic heterocycles. The molecule has 0 bridgehead atoms. The van der Waals surface area contributed by atoms with E-state index in [1.54, 1.807) is 0 Å². The van der Waals surface area contributed by atoms with E-state index < -0.39 is 12.2 Å². The number of hydrogen-bond acceptors (Lipinski definition) is 2. The molecule has 0 amide bonds. The van der Waals surface area contributed by atoms with Crippen molar-refractivity contribution in [1.82, 2.24) is 9.97 Å². The molecule has 2 nitrogen and oxygen atoms in total. The molecule has 1 aromatic carbocycles. The summed E-state index contributed by atoms with van der Waals surface area (Å²) in [6, 6.07) is 5.45. The highest BCUT2D eigenvalue weighted by Crippen LogP contribution is 2.24. The Bertz CT molecular complexity index is 547. The Morgan fingerprint density at radius 1 is 1.11 bits per heavy atom. The van der Waals surface area contributed by atoms with Crippen LogP contribution < -0.4 is 0 Å². The molecule has 1 aromatic heterocycles. The summed E-state index contributed by atoms with van der Waals surface area (Å²) in [6.45, 7) is 1.46. The van der Waals surface area contributed by atoms with Gasteiger partial charge in [0.2, 0.25) is 0 Å². The van der Waals surface area contributed by atoms with Gasteiger partial charge in [-0.05, 0) is 6.92 Å². The second-order valence-electron chi connectivity index (χ2n) is 3.66. The van der Waals surface area contributed by atoms with E-state index in [0.717, 1.165) is 0 Å². The average molecular weight is 273 g/mol. The Hall–Kier alpha value is -1.62. The Kier molecular flexibility index (Phi) is 3.52. The molecule has 0 N–H and O–H groups in total. The SMILES string of the molecule is Cc1nc(-c2ccc(C(F)F)cc2)nc(Cl)c1F. The predicted octanol–water partition coefficient (Wildman–Crippen LogP) is 4.18. The lowest BCUT2D eigenvalue weighted by molar-refractivity contribution is 0.151. The van der Waals surface area contributed by atoms with Crippen LogP contribution in [0.5, 0.6) is 0 Å². The molecule has 94 valence electrons. The van der Waals surface area contributed by atoms with Gasteiger partial charge in [-0.3, -0.25) is 0 Å². The predicted molar refractivity (Wildman–Crippen MR) is 62.1 cm³/mol. The lowest BCUT2D eigenvalue weighted by Crippen LogP contribution is -1.97. The second-order valence-corrected chi connectivity index (χ2v) is 4.02. The van der Waals surface area contributed by atoms with Crippen LogP contribution in [0.4, 0.5) is 13.2 Å². The molecule has 6 heteroatoms. The van der Waals surface area contributed by atoms with Gasteiger partial charge in [-0.2, -0.15) is 0 Å². The third-order valence-corrected chi connectivity index (χ3v) is 2.65. The van der Waals surface area contributed by atoms with Crippen LogP contribution in [0.2, 0.25) is 5.15 Å². The first-order chi connectivity index (χ1) is 8.49. The number of aryl methyl sites for hydroxylation is 1. The van der Waals surface area contributed by atoms with Gasteiger partial charge in [0.05, 0.1) is 5.69 Å². The summed E-state index contributed by atoms with van der Waals surface area (Å²) in [7, 11) is 0. The maximum Gasteiger partial charge on any atom is 0.263 e. The van der Waals surface area contributed by atoms with Crippen molar-refractivity contribution in [2.24, 2.45) is 0 Å². The van der Waals surface area contributed by atoms with Gasteiger partial charge in [0.1, 0.15) is 0 Å². The van der Waals surface area contributed by atoms with Crippen molar-refractivity contribution in [2.45, 2.75) is 13.3 Å². The van der Waals surface area contributed by atoms with Crippen molar-refractivity contribution in [3.05, 3.63) is 46.5 Å². The van der Waals surface area contributed by atoms with E-state index in [-0.39, 0.29) is 22.2 Å². The number of benzene rings is 1. The fourth-order valence-corrected chi connectivity index (χ4v) is 1.65. The third-order valence-electron chi connectivity index (χ3n) is 2.40. The van der Waals surface area contributed by atoms with Gasteiger partial charge in [0.25, 0.3) is 6.43 Å². The van der Waals surface area contributed by atoms with Gasteiger partial charge in [-0.1, -0.05) is 35.9 Å². The Balaban J connectivity index is 2.43. The Morgan fingerprint density at radius 2 is 1.72 bits per heavy atom. The van der Waals surface area contributed by atoms with Gasteiger partial charge in [0.15, 0.2) is 16.8 Å². The van der Waals surface area contributed by atoms with Crippen LogP contribution in [0.25, 0.3) is 11.4 Å². The minimum atomic E-state index is -2.53. The first-order valence-corrected chi connectivity index (χ1v) is 5.45. The van der Waals surface area contributed by atoms with E-state index in [2.05, 4.69) is 9.97 Å². The lowest BCUT2D eigenvalue weighted by Gasteiger charge is -2.05. The van der Waals surface area contributed by atoms with E-state index in [9.17, 15) is 13.2 Å². The number of halogens is 4. The van der Waals surface area contributed by atoms with Crippen molar-refractivity contribution in [1.29, 1.82) is 0 Å². The molecule has 1 heterocycles. The standard InChI is InChI=1S/C12H8ClF3N2/c1-6-9(14)10(13)18-12(17-6)8-4-2-7(3-5-8)11(15)16/h2-5,11H,1H3. The Morgan fingerprint density at radius 3 is 2.22 bits per heavy atom. The number of aromatic nitrogens is 2. The molecule has 0 spiro atoms. The summed E-state index contributed by atoms with van der Waals surface area (Å²) in [5.74, 6) is -0.468. The van der Waals surface area contributed by atoms with Gasteiger partial charge in [0, 0.05) is 11.1 Å². The van der Waals surface area contributed by atoms with Crippen molar-refractivity contribution in [3.8, 4) is 11.4 Å². The highest BCUT2D eigenvalue weighted by atomic mass is 35.5. The molecule has 0 aliphatic rings. The number of alkyl halides is 2. The monoisotopic (exact) mass is 272 g/mol. The fraction of sp³-hybridized carbons (Fsp3) is 0.167. The van der Waals surface area contributed by atoms with Crippen LogP contribution in [0, 0.1) is 12.7 Å². The van der Waals surface area contributed by atoms with Crippen LogP contribution in [0.15, 0.2) is 24.3 Å². The zero-order valence-corrected chi connectivity index (χ0v) is 10.0. The summed E-state index contributed by atoms with van der Waals surface area (Å²) in [5, 5.41) is -0.282. The van der Waals surface area contributed by atoms with Crippen molar-refractivity contribution < 1.29 is 13.2 Å². The smallest absolute Gasteiger partial charge is 0.230 e. The van der Waals surface area contributed by atoms with Gasteiger partial charge < -0.3 is 0 Å². The molecule has 0 saturated heterocycles. The van der Waals surface area contributed by atoms with E-state index >= 15 is 0 Å². The van der Waals surface area contributed by atoms with Crippen LogP contribution in [0.3, 0.4) is 0 Å². The minimum absolute atomic E-state index is 0.0938. The highest BCUT2D eigenvalue weighted by Gasteiger charge is 2.12. The normalized spacial score (nSPS) is 11.0. The zero-order valence-electron chi connectivity index (χ0n) is 9.29. The van der Waals surface area contributed by atoms with E-state index in [0.29, 0.717) is 5.56 Å². The molecule has 18 heavy (non-hydrogen) atoms. The molecule has 2 aromatic rings. The average Bonchev–Trinajstić information content (AvgIpc) is 2.35. The number of nitrogens with zero attached hydrogens (tertiary/aromatic N) is 2. The molecular weight excluding hydrogens is 265 g/mol. The number of hydrogen-bond donors (Lipinski definition) is 0. The first-order valence-electron chi connectivity index (χ1n) is 5.07. The van der Waals surface area contributed by atoms with Crippen LogP contribution in [-0.2, 0) is 0 Å². The van der Waals surface area contributed by atoms with Gasteiger partial charge in [-0.15, -0.1) is 0 Å². The summed E-state index contributed by atoms with van der Waals surface area (Å²) < 4.78 is 38.0. The topological polar surface area (TPSA) is 25.8 Å². The van der Waals surface area contributed by atoms with E-state index in [1.165, 1.54) is 31.2 Å². The minimum Gasteiger partial charge on any atom is -0.230 e. The summed E-state index contributed by atoms with van der Waals surface area (Å²) in [6.07, 6.45) is -2.53. The molecule has 0 saturated carbocycles. The largest absolute Gasteiger partial charge is 0.263 e. The maximum atomic E-state index is 13.2. The van der Waals surface area contributed by atoms with Crippen molar-refractivity contribution >= 4 is 11.6 Å². The first kappa shape index (κ1) is 12.8. The van der Waals surface area contributed by atoms with Gasteiger partial charge in [-0.25, -0.2) is 23.1 Å².